The summed E-state index contributed by atoms with van der Waals surface area (Å²) in [6, 6.07) is 2.13. The fourth-order valence-corrected chi connectivity index (χ4v) is 2.23. The molecule has 20 heavy (non-hydrogen) atoms. The van der Waals surface area contributed by atoms with Crippen molar-refractivity contribution < 1.29 is 9.47 Å². The highest BCUT2D eigenvalue weighted by Gasteiger charge is 2.15. The van der Waals surface area contributed by atoms with Crippen molar-refractivity contribution in [1.29, 1.82) is 0 Å². The highest BCUT2D eigenvalue weighted by molar-refractivity contribution is 5.51. The summed E-state index contributed by atoms with van der Waals surface area (Å²) in [5, 5.41) is 3.22. The van der Waals surface area contributed by atoms with E-state index in [0.717, 1.165) is 31.1 Å². The minimum Gasteiger partial charge on any atom is -0.383 e. The van der Waals surface area contributed by atoms with E-state index < -0.39 is 0 Å². The maximum atomic E-state index is 5.21. The molecule has 5 nitrogen and oxygen atoms in total. The Morgan fingerprint density at radius 3 is 2.25 bits per heavy atom. The first-order valence-corrected chi connectivity index (χ1v) is 6.98. The zero-order valence-electron chi connectivity index (χ0n) is 13.3. The number of ether oxygens (including phenoxy) is 2. The third-order valence-corrected chi connectivity index (χ3v) is 3.24. The van der Waals surface area contributed by atoms with E-state index in [-0.39, 0.29) is 0 Å². The van der Waals surface area contributed by atoms with Gasteiger partial charge in [0.05, 0.1) is 13.2 Å². The number of aromatic nitrogens is 1. The third-order valence-electron chi connectivity index (χ3n) is 3.24. The average molecular weight is 281 g/mol. The Balaban J connectivity index is 3.07. The van der Waals surface area contributed by atoms with Crippen molar-refractivity contribution in [3.8, 4) is 0 Å². The third kappa shape index (κ3) is 4.74. The molecule has 0 unspecified atom stereocenters. The summed E-state index contributed by atoms with van der Waals surface area (Å²) >= 11 is 0. The first-order valence-electron chi connectivity index (χ1n) is 6.98. The monoisotopic (exact) mass is 281 g/mol. The first kappa shape index (κ1) is 16.9. The summed E-state index contributed by atoms with van der Waals surface area (Å²) in [4.78, 5) is 6.97. The maximum Gasteiger partial charge on any atom is 0.133 e. The quantitative estimate of drug-likeness (QED) is 0.743. The van der Waals surface area contributed by atoms with E-state index in [1.807, 2.05) is 14.0 Å². The largest absolute Gasteiger partial charge is 0.383 e. The molecule has 0 aliphatic heterocycles. The minimum absolute atomic E-state index is 0.678. The molecule has 1 rings (SSSR count). The van der Waals surface area contributed by atoms with Crippen molar-refractivity contribution in [2.24, 2.45) is 0 Å². The van der Waals surface area contributed by atoms with Crippen LogP contribution in [0.3, 0.4) is 0 Å². The van der Waals surface area contributed by atoms with E-state index in [2.05, 4.69) is 23.2 Å². The predicted octanol–water partition coefficient (Wildman–Crippen LogP) is 1.52. The van der Waals surface area contributed by atoms with Gasteiger partial charge in [-0.05, 0) is 32.5 Å². The molecule has 0 saturated heterocycles. The van der Waals surface area contributed by atoms with E-state index in [1.54, 1.807) is 14.2 Å². The smallest absolute Gasteiger partial charge is 0.133 e. The average Bonchev–Trinajstić information content (AvgIpc) is 2.42. The Morgan fingerprint density at radius 2 is 1.75 bits per heavy atom. The van der Waals surface area contributed by atoms with Crippen LogP contribution in [0.25, 0.3) is 0 Å². The number of hydrogen-bond donors (Lipinski definition) is 1. The lowest BCUT2D eigenvalue weighted by atomic mass is 10.1. The van der Waals surface area contributed by atoms with Crippen molar-refractivity contribution in [1.82, 2.24) is 10.3 Å². The number of nitrogens with zero attached hydrogens (tertiary/aromatic N) is 2. The summed E-state index contributed by atoms with van der Waals surface area (Å²) in [5.74, 6) is 1.03. The summed E-state index contributed by atoms with van der Waals surface area (Å²) in [6.07, 6.45) is 0. The fraction of sp³-hybridized carbons (Fsp3) is 0.667. The van der Waals surface area contributed by atoms with E-state index in [1.165, 1.54) is 11.1 Å². The maximum absolute atomic E-state index is 5.21. The first-order chi connectivity index (χ1) is 9.63. The number of nitrogens with one attached hydrogen (secondary N) is 1. The van der Waals surface area contributed by atoms with Gasteiger partial charge in [-0.3, -0.25) is 0 Å². The number of rotatable bonds is 9. The highest BCUT2D eigenvalue weighted by atomic mass is 16.5. The molecule has 0 aromatic carbocycles. The molecule has 1 N–H and O–H groups in total. The second kappa shape index (κ2) is 8.89. The number of hydrogen-bond acceptors (Lipinski definition) is 5. The SMILES string of the molecule is CNCc1c(C)cc(C)nc1N(CCOC)CCOC. The molecule has 0 radical (unpaired) electrons. The van der Waals surface area contributed by atoms with Crippen molar-refractivity contribution in [3.63, 3.8) is 0 Å². The molecular formula is C15H27N3O2. The standard InChI is InChI=1S/C15H27N3O2/c1-12-10-13(2)17-15(14(12)11-16-3)18(6-8-19-4)7-9-20-5/h10,16H,6-9,11H2,1-5H3. The van der Waals surface area contributed by atoms with Crippen LogP contribution in [0.4, 0.5) is 5.82 Å². The Kier molecular flexibility index (Phi) is 7.51. The van der Waals surface area contributed by atoms with Crippen LogP contribution >= 0.6 is 0 Å². The van der Waals surface area contributed by atoms with Crippen molar-refractivity contribution in [2.75, 3.05) is 52.5 Å². The van der Waals surface area contributed by atoms with Gasteiger partial charge in [-0.1, -0.05) is 0 Å². The molecule has 5 heteroatoms. The zero-order chi connectivity index (χ0) is 15.0. The van der Waals surface area contributed by atoms with Crippen LogP contribution in [0, 0.1) is 13.8 Å². The van der Waals surface area contributed by atoms with Gasteiger partial charge >= 0.3 is 0 Å². The van der Waals surface area contributed by atoms with Gasteiger partial charge in [0, 0.05) is 45.1 Å². The van der Waals surface area contributed by atoms with E-state index >= 15 is 0 Å². The lowest BCUT2D eigenvalue weighted by Gasteiger charge is -2.27. The van der Waals surface area contributed by atoms with Crippen LogP contribution in [0.2, 0.25) is 0 Å². The highest BCUT2D eigenvalue weighted by Crippen LogP contribution is 2.22. The topological polar surface area (TPSA) is 46.6 Å². The summed E-state index contributed by atoms with van der Waals surface area (Å²) in [5.41, 5.74) is 3.55. The van der Waals surface area contributed by atoms with Crippen molar-refractivity contribution in [2.45, 2.75) is 20.4 Å². The van der Waals surface area contributed by atoms with E-state index in [4.69, 9.17) is 14.5 Å². The molecule has 1 aromatic rings. The molecule has 0 fully saturated rings. The van der Waals surface area contributed by atoms with E-state index in [0.29, 0.717) is 13.2 Å². The lowest BCUT2D eigenvalue weighted by Crippen LogP contribution is -2.33. The normalized spacial score (nSPS) is 10.8. The zero-order valence-corrected chi connectivity index (χ0v) is 13.3. The van der Waals surface area contributed by atoms with Gasteiger partial charge in [-0.15, -0.1) is 0 Å². The van der Waals surface area contributed by atoms with Gasteiger partial charge in [-0.2, -0.15) is 0 Å². The number of pyridine rings is 1. The number of methoxy groups -OCH3 is 2. The molecule has 0 spiro atoms. The molecule has 0 atom stereocenters. The Labute approximate surface area is 122 Å². The molecule has 1 aromatic heterocycles. The summed E-state index contributed by atoms with van der Waals surface area (Å²) in [7, 11) is 5.40. The van der Waals surface area contributed by atoms with Crippen LogP contribution in [-0.2, 0) is 16.0 Å². The van der Waals surface area contributed by atoms with Crippen LogP contribution < -0.4 is 10.2 Å². The van der Waals surface area contributed by atoms with Gasteiger partial charge in [0.25, 0.3) is 0 Å². The van der Waals surface area contributed by atoms with Crippen molar-refractivity contribution >= 4 is 5.82 Å². The van der Waals surface area contributed by atoms with E-state index in [9.17, 15) is 0 Å². The van der Waals surface area contributed by atoms with Gasteiger partial charge in [0.1, 0.15) is 5.82 Å². The predicted molar refractivity (Wildman–Crippen MR) is 82.4 cm³/mol. The summed E-state index contributed by atoms with van der Waals surface area (Å²) < 4.78 is 10.4. The number of aryl methyl sites for hydroxylation is 2. The van der Waals surface area contributed by atoms with Crippen LogP contribution in [-0.4, -0.2) is 52.6 Å². The molecule has 0 aliphatic rings. The van der Waals surface area contributed by atoms with Crippen LogP contribution in [0.1, 0.15) is 16.8 Å². The van der Waals surface area contributed by atoms with Crippen molar-refractivity contribution in [3.05, 3.63) is 22.9 Å². The molecule has 0 saturated carbocycles. The molecule has 0 amide bonds. The minimum atomic E-state index is 0.678. The van der Waals surface area contributed by atoms with Crippen LogP contribution in [0.15, 0.2) is 6.07 Å². The second-order valence-corrected chi connectivity index (χ2v) is 4.89. The van der Waals surface area contributed by atoms with Crippen LogP contribution in [0.5, 0.6) is 0 Å². The van der Waals surface area contributed by atoms with Gasteiger partial charge in [0.2, 0.25) is 0 Å². The van der Waals surface area contributed by atoms with Gasteiger partial charge < -0.3 is 19.7 Å². The molecule has 0 aliphatic carbocycles. The lowest BCUT2D eigenvalue weighted by molar-refractivity contribution is 0.190. The molecule has 114 valence electrons. The Hall–Kier alpha value is -1.17. The molecular weight excluding hydrogens is 254 g/mol. The summed E-state index contributed by atoms with van der Waals surface area (Å²) in [6.45, 7) is 7.96. The fourth-order valence-electron chi connectivity index (χ4n) is 2.23. The Bertz CT molecular complexity index is 402. The van der Waals surface area contributed by atoms with Gasteiger partial charge in [-0.25, -0.2) is 4.98 Å². The molecule has 0 bridgehead atoms. The Morgan fingerprint density at radius 1 is 1.15 bits per heavy atom. The van der Waals surface area contributed by atoms with Gasteiger partial charge in [0.15, 0.2) is 0 Å². The second-order valence-electron chi connectivity index (χ2n) is 4.89. The number of anilines is 1. The molecule has 1 heterocycles.